The van der Waals surface area contributed by atoms with Gasteiger partial charge in [-0.1, -0.05) is 30.3 Å². The molecule has 3 nitrogen and oxygen atoms in total. The van der Waals surface area contributed by atoms with E-state index in [-0.39, 0.29) is 5.78 Å². The third kappa shape index (κ3) is 5.08. The molecule has 1 saturated heterocycles. The quantitative estimate of drug-likeness (QED) is 0.513. The molecule has 2 aromatic carbocycles. The molecule has 0 radical (unpaired) electrons. The highest BCUT2D eigenvalue weighted by Crippen LogP contribution is 2.25. The first-order valence-electron chi connectivity index (χ1n) is 9.79. The van der Waals surface area contributed by atoms with Crippen molar-refractivity contribution in [1.29, 1.82) is 0 Å². The van der Waals surface area contributed by atoms with Gasteiger partial charge >= 0.3 is 0 Å². The molecule has 0 spiro atoms. The Hall–Kier alpha value is -2.39. The van der Waals surface area contributed by atoms with Crippen molar-refractivity contribution in [3.8, 4) is 5.75 Å². The van der Waals surface area contributed by atoms with Crippen LogP contribution in [-0.2, 0) is 0 Å². The lowest BCUT2D eigenvalue weighted by molar-refractivity contribution is 0.104. The highest BCUT2D eigenvalue weighted by atomic mass is 16.5. The summed E-state index contributed by atoms with van der Waals surface area (Å²) in [6.45, 7) is 10.1. The van der Waals surface area contributed by atoms with E-state index < -0.39 is 0 Å². The molecule has 0 N–H and O–H groups in total. The van der Waals surface area contributed by atoms with Crippen molar-refractivity contribution in [3.63, 3.8) is 0 Å². The van der Waals surface area contributed by atoms with Gasteiger partial charge in [0.2, 0.25) is 0 Å². The van der Waals surface area contributed by atoms with Crippen molar-refractivity contribution in [3.05, 3.63) is 70.3 Å². The van der Waals surface area contributed by atoms with Gasteiger partial charge < -0.3 is 4.74 Å². The Labute approximate surface area is 162 Å². The maximum absolute atomic E-state index is 12.6. The molecule has 1 aliphatic heterocycles. The number of nitrogens with zero attached hydrogens (tertiary/aromatic N) is 1. The van der Waals surface area contributed by atoms with Gasteiger partial charge in [-0.05, 0) is 87.2 Å². The molecule has 0 atom stereocenters. The third-order valence-corrected chi connectivity index (χ3v) is 5.20. The van der Waals surface area contributed by atoms with Gasteiger partial charge in [0.15, 0.2) is 5.78 Å². The van der Waals surface area contributed by atoms with Crippen LogP contribution < -0.4 is 4.74 Å². The van der Waals surface area contributed by atoms with Gasteiger partial charge in [0.25, 0.3) is 0 Å². The number of benzene rings is 2. The van der Waals surface area contributed by atoms with Crippen LogP contribution in [0.3, 0.4) is 0 Å². The van der Waals surface area contributed by atoms with Crippen LogP contribution in [-0.4, -0.2) is 36.9 Å². The Morgan fingerprint density at radius 3 is 2.37 bits per heavy atom. The number of carbonyl (C=O) groups excluding carboxylic acids is 1. The van der Waals surface area contributed by atoms with Crippen LogP contribution in [0, 0.1) is 20.8 Å². The van der Waals surface area contributed by atoms with Crippen LogP contribution in [0.25, 0.3) is 6.08 Å². The first kappa shape index (κ1) is 19.4. The van der Waals surface area contributed by atoms with Gasteiger partial charge in [0, 0.05) is 12.1 Å². The molecule has 0 bridgehead atoms. The van der Waals surface area contributed by atoms with Gasteiger partial charge in [-0.2, -0.15) is 0 Å². The number of rotatable bonds is 7. The highest BCUT2D eigenvalue weighted by molar-refractivity contribution is 6.07. The lowest BCUT2D eigenvalue weighted by atomic mass is 10.0. The predicted molar refractivity (Wildman–Crippen MR) is 112 cm³/mol. The van der Waals surface area contributed by atoms with Crippen molar-refractivity contribution in [2.75, 3.05) is 26.2 Å². The van der Waals surface area contributed by atoms with E-state index in [1.165, 1.54) is 25.9 Å². The topological polar surface area (TPSA) is 29.5 Å². The molecular formula is C24H29NO2. The fourth-order valence-electron chi connectivity index (χ4n) is 3.64. The summed E-state index contributed by atoms with van der Waals surface area (Å²) in [5.41, 5.74) is 4.98. The van der Waals surface area contributed by atoms with Crippen LogP contribution in [0.5, 0.6) is 5.75 Å². The molecule has 0 unspecified atom stereocenters. The number of carbonyl (C=O) groups is 1. The number of likely N-dealkylation sites (tertiary alicyclic amines) is 1. The van der Waals surface area contributed by atoms with Crippen molar-refractivity contribution in [2.45, 2.75) is 33.6 Å². The number of hydrogen-bond acceptors (Lipinski definition) is 3. The minimum Gasteiger partial charge on any atom is -0.492 e. The van der Waals surface area contributed by atoms with E-state index >= 15 is 0 Å². The number of allylic oxidation sites excluding steroid dienone is 1. The summed E-state index contributed by atoms with van der Waals surface area (Å²) >= 11 is 0. The maximum atomic E-state index is 12.6. The predicted octanol–water partition coefficient (Wildman–Crippen LogP) is 4.98. The van der Waals surface area contributed by atoms with Crippen molar-refractivity contribution >= 4 is 11.9 Å². The second-order valence-electron chi connectivity index (χ2n) is 7.39. The van der Waals surface area contributed by atoms with Crippen molar-refractivity contribution < 1.29 is 9.53 Å². The van der Waals surface area contributed by atoms with Crippen LogP contribution in [0.1, 0.15) is 45.5 Å². The van der Waals surface area contributed by atoms with E-state index in [0.29, 0.717) is 12.2 Å². The first-order valence-corrected chi connectivity index (χ1v) is 9.79. The summed E-state index contributed by atoms with van der Waals surface area (Å²) in [4.78, 5) is 15.0. The van der Waals surface area contributed by atoms with Gasteiger partial charge in [0.05, 0.1) is 0 Å². The van der Waals surface area contributed by atoms with E-state index in [9.17, 15) is 4.79 Å². The number of hydrogen-bond donors (Lipinski definition) is 0. The average Bonchev–Trinajstić information content (AvgIpc) is 3.16. The molecule has 0 amide bonds. The lowest BCUT2D eigenvalue weighted by Gasteiger charge is -2.17. The fourth-order valence-corrected chi connectivity index (χ4v) is 3.64. The Kier molecular flexibility index (Phi) is 6.46. The molecule has 0 aliphatic carbocycles. The second-order valence-corrected chi connectivity index (χ2v) is 7.39. The molecule has 3 heteroatoms. The Morgan fingerprint density at radius 2 is 1.70 bits per heavy atom. The van der Waals surface area contributed by atoms with E-state index in [1.807, 2.05) is 63.2 Å². The Morgan fingerprint density at radius 1 is 1.04 bits per heavy atom. The minimum absolute atomic E-state index is 0.0214. The van der Waals surface area contributed by atoms with E-state index in [4.69, 9.17) is 4.74 Å². The summed E-state index contributed by atoms with van der Waals surface area (Å²) < 4.78 is 6.04. The zero-order valence-corrected chi connectivity index (χ0v) is 16.6. The summed E-state index contributed by atoms with van der Waals surface area (Å²) in [5.74, 6) is 0.932. The fraction of sp³-hybridized carbons (Fsp3) is 0.375. The van der Waals surface area contributed by atoms with Crippen LogP contribution >= 0.6 is 0 Å². The number of ketones is 1. The van der Waals surface area contributed by atoms with Crippen LogP contribution in [0.2, 0.25) is 0 Å². The highest BCUT2D eigenvalue weighted by Gasteiger charge is 2.13. The van der Waals surface area contributed by atoms with Gasteiger partial charge in [-0.3, -0.25) is 9.69 Å². The summed E-state index contributed by atoms with van der Waals surface area (Å²) in [6, 6.07) is 11.9. The Bertz CT molecular complexity index is 809. The SMILES string of the molecule is Cc1ccccc1C=CC(=O)c1cc(C)c(OCCN2CCCC2)c(C)c1. The minimum atomic E-state index is 0.0214. The normalized spacial score (nSPS) is 14.8. The molecule has 1 aliphatic rings. The van der Waals surface area contributed by atoms with Crippen LogP contribution in [0.4, 0.5) is 0 Å². The molecule has 2 aromatic rings. The Balaban J connectivity index is 1.66. The largest absolute Gasteiger partial charge is 0.492 e. The molecule has 3 rings (SSSR count). The molecule has 27 heavy (non-hydrogen) atoms. The maximum Gasteiger partial charge on any atom is 0.185 e. The number of ether oxygens (including phenoxy) is 1. The van der Waals surface area contributed by atoms with E-state index in [1.54, 1.807) is 6.08 Å². The summed E-state index contributed by atoms with van der Waals surface area (Å²) in [6.07, 6.45) is 6.14. The summed E-state index contributed by atoms with van der Waals surface area (Å²) in [5, 5.41) is 0. The third-order valence-electron chi connectivity index (χ3n) is 5.20. The lowest BCUT2D eigenvalue weighted by Crippen LogP contribution is -2.25. The molecule has 0 aromatic heterocycles. The van der Waals surface area contributed by atoms with Crippen molar-refractivity contribution in [2.24, 2.45) is 0 Å². The van der Waals surface area contributed by atoms with Crippen LogP contribution in [0.15, 0.2) is 42.5 Å². The molecule has 1 heterocycles. The molecule has 1 fully saturated rings. The standard InChI is InChI=1S/C24H29NO2/c1-18-8-4-5-9-21(18)10-11-23(26)22-16-19(2)24(20(3)17-22)27-15-14-25-12-6-7-13-25/h4-5,8-11,16-17H,6-7,12-15H2,1-3H3. The smallest absolute Gasteiger partial charge is 0.185 e. The van der Waals surface area contributed by atoms with E-state index in [2.05, 4.69) is 4.90 Å². The van der Waals surface area contributed by atoms with Gasteiger partial charge in [-0.15, -0.1) is 0 Å². The molecule has 0 saturated carbocycles. The zero-order chi connectivity index (χ0) is 19.2. The molecular weight excluding hydrogens is 334 g/mol. The van der Waals surface area contributed by atoms with E-state index in [0.717, 1.165) is 34.5 Å². The monoisotopic (exact) mass is 363 g/mol. The van der Waals surface area contributed by atoms with Gasteiger partial charge in [0.1, 0.15) is 12.4 Å². The molecule has 142 valence electrons. The van der Waals surface area contributed by atoms with Gasteiger partial charge in [-0.25, -0.2) is 0 Å². The van der Waals surface area contributed by atoms with Crippen molar-refractivity contribution in [1.82, 2.24) is 4.90 Å². The first-order chi connectivity index (χ1) is 13.0. The second kappa shape index (κ2) is 9.01. The number of aryl methyl sites for hydroxylation is 3. The zero-order valence-electron chi connectivity index (χ0n) is 16.6. The average molecular weight is 364 g/mol. The summed E-state index contributed by atoms with van der Waals surface area (Å²) in [7, 11) is 0.